The quantitative estimate of drug-likeness (QED) is 0.917. The molecule has 1 aliphatic rings. The third-order valence-corrected chi connectivity index (χ3v) is 4.15. The summed E-state index contributed by atoms with van der Waals surface area (Å²) in [6, 6.07) is 9.77. The van der Waals surface area contributed by atoms with Gasteiger partial charge in [0, 0.05) is 6.07 Å². The van der Waals surface area contributed by atoms with Crippen molar-refractivity contribution in [3.05, 3.63) is 47.0 Å². The van der Waals surface area contributed by atoms with Crippen LogP contribution in [0.5, 0.6) is 23.0 Å². The summed E-state index contributed by atoms with van der Waals surface area (Å²) in [5, 5.41) is 10.2. The lowest BCUT2D eigenvalue weighted by molar-refractivity contribution is 0.171. The molecule has 0 spiro atoms. The summed E-state index contributed by atoms with van der Waals surface area (Å²) in [7, 11) is 1.63. The van der Waals surface area contributed by atoms with Gasteiger partial charge in [-0.15, -0.1) is 0 Å². The van der Waals surface area contributed by atoms with Gasteiger partial charge in [0.2, 0.25) is 0 Å². The Bertz CT molecular complexity index is 694. The molecule has 0 aliphatic carbocycles. The molecular formula is C19H22O4. The van der Waals surface area contributed by atoms with Crippen LogP contribution in [0, 0.1) is 0 Å². The molecule has 0 radical (unpaired) electrons. The molecule has 0 amide bonds. The average Bonchev–Trinajstić information content (AvgIpc) is 2.60. The van der Waals surface area contributed by atoms with Gasteiger partial charge >= 0.3 is 0 Å². The van der Waals surface area contributed by atoms with Crippen LogP contribution < -0.4 is 14.2 Å². The molecule has 1 N–H and O–H groups in total. The third kappa shape index (κ3) is 3.36. The molecule has 0 unspecified atom stereocenters. The Morgan fingerprint density at radius 2 is 1.78 bits per heavy atom. The number of aryl methyl sites for hydroxylation is 3. The molecule has 0 fully saturated rings. The normalized spacial score (nSPS) is 13.0. The minimum absolute atomic E-state index is 0.289. The second-order valence-electron chi connectivity index (χ2n) is 5.62. The number of rotatable bonds is 5. The van der Waals surface area contributed by atoms with Gasteiger partial charge in [-0.3, -0.25) is 0 Å². The van der Waals surface area contributed by atoms with Crippen LogP contribution in [0.15, 0.2) is 30.3 Å². The molecule has 2 aromatic rings. The Kier molecular flexibility index (Phi) is 4.60. The van der Waals surface area contributed by atoms with E-state index in [1.807, 2.05) is 18.2 Å². The Balaban J connectivity index is 1.75. The number of phenolic OH excluding ortho intramolecular Hbond substituents is 1. The average molecular weight is 314 g/mol. The molecule has 23 heavy (non-hydrogen) atoms. The van der Waals surface area contributed by atoms with E-state index in [0.717, 1.165) is 47.6 Å². The minimum Gasteiger partial charge on any atom is -0.508 e. The van der Waals surface area contributed by atoms with E-state index in [-0.39, 0.29) is 5.75 Å². The maximum atomic E-state index is 10.2. The Labute approximate surface area is 136 Å². The van der Waals surface area contributed by atoms with Crippen LogP contribution in [0.25, 0.3) is 0 Å². The topological polar surface area (TPSA) is 47.9 Å². The summed E-state index contributed by atoms with van der Waals surface area (Å²) in [5.41, 5.74) is 3.22. The highest BCUT2D eigenvalue weighted by atomic mass is 16.6. The van der Waals surface area contributed by atoms with E-state index < -0.39 is 0 Å². The predicted molar refractivity (Wildman–Crippen MR) is 88.9 cm³/mol. The number of hydrogen-bond donors (Lipinski definition) is 1. The molecule has 4 nitrogen and oxygen atoms in total. The highest BCUT2D eigenvalue weighted by Gasteiger charge is 2.13. The van der Waals surface area contributed by atoms with Crippen molar-refractivity contribution in [1.29, 1.82) is 0 Å². The lowest BCUT2D eigenvalue weighted by atomic mass is 9.99. The zero-order chi connectivity index (χ0) is 16.2. The second-order valence-corrected chi connectivity index (χ2v) is 5.62. The summed E-state index contributed by atoms with van der Waals surface area (Å²) in [6.45, 7) is 3.28. The molecule has 4 heteroatoms. The Hall–Kier alpha value is -2.36. The first-order valence-corrected chi connectivity index (χ1v) is 7.98. The number of fused-ring (bicyclic) bond motifs is 1. The fraction of sp³-hybridized carbons (Fsp3) is 0.368. The highest BCUT2D eigenvalue weighted by Crippen LogP contribution is 2.32. The van der Waals surface area contributed by atoms with E-state index in [1.54, 1.807) is 13.2 Å². The Morgan fingerprint density at radius 3 is 2.52 bits per heavy atom. The largest absolute Gasteiger partial charge is 0.508 e. The van der Waals surface area contributed by atoms with Gasteiger partial charge in [-0.25, -0.2) is 0 Å². The zero-order valence-corrected chi connectivity index (χ0v) is 13.6. The summed E-state index contributed by atoms with van der Waals surface area (Å²) in [6.07, 6.45) is 2.47. The summed E-state index contributed by atoms with van der Waals surface area (Å²) < 4.78 is 16.5. The summed E-state index contributed by atoms with van der Waals surface area (Å²) in [4.78, 5) is 0. The molecule has 1 heterocycles. The van der Waals surface area contributed by atoms with Crippen molar-refractivity contribution in [1.82, 2.24) is 0 Å². The predicted octanol–water partition coefficient (Wildman–Crippen LogP) is 3.52. The first kappa shape index (κ1) is 15.5. The minimum atomic E-state index is 0.289. The first-order chi connectivity index (χ1) is 11.2. The third-order valence-electron chi connectivity index (χ3n) is 4.15. The van der Waals surface area contributed by atoms with E-state index >= 15 is 0 Å². The van der Waals surface area contributed by atoms with Gasteiger partial charge < -0.3 is 19.3 Å². The van der Waals surface area contributed by atoms with Gasteiger partial charge in [0.05, 0.1) is 7.11 Å². The molecule has 3 rings (SSSR count). The molecular weight excluding hydrogens is 292 g/mol. The Morgan fingerprint density at radius 1 is 1.00 bits per heavy atom. The van der Waals surface area contributed by atoms with Gasteiger partial charge in [0.1, 0.15) is 24.7 Å². The molecule has 1 aliphatic heterocycles. The van der Waals surface area contributed by atoms with E-state index in [9.17, 15) is 5.11 Å². The number of ether oxygens (including phenoxy) is 3. The second kappa shape index (κ2) is 6.82. The monoisotopic (exact) mass is 314 g/mol. The fourth-order valence-electron chi connectivity index (χ4n) is 2.85. The maximum Gasteiger partial charge on any atom is 0.161 e. The highest BCUT2D eigenvalue weighted by molar-refractivity contribution is 5.47. The number of phenols is 1. The van der Waals surface area contributed by atoms with Crippen LogP contribution in [0.3, 0.4) is 0 Å². The molecule has 0 atom stereocenters. The summed E-state index contributed by atoms with van der Waals surface area (Å²) >= 11 is 0. The van der Waals surface area contributed by atoms with Crippen molar-refractivity contribution >= 4 is 0 Å². The van der Waals surface area contributed by atoms with Gasteiger partial charge in [0.25, 0.3) is 0 Å². The van der Waals surface area contributed by atoms with Crippen molar-refractivity contribution in [2.75, 3.05) is 20.3 Å². The van der Waals surface area contributed by atoms with Crippen LogP contribution in [0.4, 0.5) is 0 Å². The van der Waals surface area contributed by atoms with E-state index in [2.05, 4.69) is 13.0 Å². The van der Waals surface area contributed by atoms with Crippen LogP contribution in [-0.4, -0.2) is 25.4 Å². The summed E-state index contributed by atoms with van der Waals surface area (Å²) in [5.74, 6) is 2.65. The van der Waals surface area contributed by atoms with E-state index in [1.165, 1.54) is 5.56 Å². The van der Waals surface area contributed by atoms with Crippen molar-refractivity contribution in [3.8, 4) is 23.0 Å². The number of methoxy groups -OCH3 is 1. The molecule has 2 aromatic carbocycles. The van der Waals surface area contributed by atoms with Crippen LogP contribution >= 0.6 is 0 Å². The zero-order valence-electron chi connectivity index (χ0n) is 13.6. The molecule has 0 saturated heterocycles. The van der Waals surface area contributed by atoms with Crippen LogP contribution in [0.2, 0.25) is 0 Å². The van der Waals surface area contributed by atoms with E-state index in [4.69, 9.17) is 14.2 Å². The number of benzene rings is 2. The first-order valence-electron chi connectivity index (χ1n) is 7.98. The van der Waals surface area contributed by atoms with Gasteiger partial charge in [-0.1, -0.05) is 13.0 Å². The molecule has 122 valence electrons. The maximum absolute atomic E-state index is 10.2. The SMILES string of the molecule is CCc1cc(CCc2ccc3c(c2)OCCO3)c(O)cc1OC. The van der Waals surface area contributed by atoms with Crippen molar-refractivity contribution < 1.29 is 19.3 Å². The van der Waals surface area contributed by atoms with Gasteiger partial charge in [-0.2, -0.15) is 0 Å². The van der Waals surface area contributed by atoms with E-state index in [0.29, 0.717) is 13.2 Å². The smallest absolute Gasteiger partial charge is 0.161 e. The van der Waals surface area contributed by atoms with Gasteiger partial charge in [0.15, 0.2) is 11.5 Å². The lowest BCUT2D eigenvalue weighted by Crippen LogP contribution is -2.15. The van der Waals surface area contributed by atoms with Gasteiger partial charge in [-0.05, 0) is 54.2 Å². The van der Waals surface area contributed by atoms with Crippen LogP contribution in [0.1, 0.15) is 23.6 Å². The standard InChI is InChI=1S/C19H22O4/c1-3-14-11-15(16(20)12-18(14)21-2)6-4-13-5-7-17-19(10-13)23-9-8-22-17/h5,7,10-12,20H,3-4,6,8-9H2,1-2H3. The number of aromatic hydroxyl groups is 1. The lowest BCUT2D eigenvalue weighted by Gasteiger charge is -2.19. The fourth-order valence-corrected chi connectivity index (χ4v) is 2.85. The van der Waals surface area contributed by atoms with Crippen molar-refractivity contribution in [2.24, 2.45) is 0 Å². The molecule has 0 saturated carbocycles. The van der Waals surface area contributed by atoms with Crippen molar-refractivity contribution in [2.45, 2.75) is 26.2 Å². The number of hydrogen-bond acceptors (Lipinski definition) is 4. The van der Waals surface area contributed by atoms with Crippen LogP contribution in [-0.2, 0) is 19.3 Å². The van der Waals surface area contributed by atoms with Crippen molar-refractivity contribution in [3.63, 3.8) is 0 Å². The molecule has 0 aromatic heterocycles. The molecule has 0 bridgehead atoms.